The molecule has 0 unspecified atom stereocenters. The van der Waals surface area contributed by atoms with Crippen LogP contribution in [-0.2, 0) is 20.2 Å². The van der Waals surface area contributed by atoms with Crippen molar-refractivity contribution in [2.45, 2.75) is 52.6 Å². The van der Waals surface area contributed by atoms with Crippen molar-refractivity contribution in [3.05, 3.63) is 83.9 Å². The molecule has 4 aromatic rings. The van der Waals surface area contributed by atoms with Gasteiger partial charge in [-0.2, -0.15) is 26.3 Å². The molecule has 0 amide bonds. The number of halogens is 6. The quantitative estimate of drug-likeness (QED) is 0.114. The Bertz CT molecular complexity index is 2000. The maximum atomic E-state index is 12.6. The summed E-state index contributed by atoms with van der Waals surface area (Å²) in [6.45, 7) is 11.8. The molecule has 0 aliphatic carbocycles. The lowest BCUT2D eigenvalue weighted by atomic mass is 9.84. The molecule has 0 bridgehead atoms. The third kappa shape index (κ3) is 13.1. The second kappa shape index (κ2) is 17.7. The summed E-state index contributed by atoms with van der Waals surface area (Å²) in [5, 5.41) is 4.44. The van der Waals surface area contributed by atoms with Crippen molar-refractivity contribution in [2.75, 3.05) is 28.2 Å². The number of nitrogens with one attached hydrogen (secondary N) is 2. The van der Waals surface area contributed by atoms with Crippen molar-refractivity contribution in [1.29, 1.82) is 0 Å². The molecule has 0 radical (unpaired) electrons. The van der Waals surface area contributed by atoms with E-state index in [2.05, 4.69) is 76.7 Å². The molecule has 4 aromatic carbocycles. The van der Waals surface area contributed by atoms with Crippen LogP contribution in [0.15, 0.2) is 72.8 Å². The molecule has 18 heteroatoms. The summed E-state index contributed by atoms with van der Waals surface area (Å²) in [6, 6.07) is 24.4. The number of carbonyl (C=O) groups is 2. The Morgan fingerprint density at radius 3 is 0.907 bits per heavy atom. The normalized spacial score (nSPS) is 12.7. The highest BCUT2D eigenvalue weighted by Crippen LogP contribution is 2.31. The number of hydrogen-bond donors (Lipinski definition) is 2. The van der Waals surface area contributed by atoms with E-state index >= 15 is 0 Å². The van der Waals surface area contributed by atoms with Crippen molar-refractivity contribution >= 4 is 64.7 Å². The zero-order chi connectivity index (χ0) is 42.4. The van der Waals surface area contributed by atoms with Crippen LogP contribution in [0.5, 0.6) is 0 Å². The van der Waals surface area contributed by atoms with E-state index in [1.165, 1.54) is 21.2 Å². The van der Waals surface area contributed by atoms with Crippen molar-refractivity contribution in [1.82, 2.24) is 0 Å². The van der Waals surface area contributed by atoms with Gasteiger partial charge in [0, 0.05) is 22.0 Å². The third-order valence-electron chi connectivity index (χ3n) is 7.31. The molecule has 10 nitrogen and oxygen atoms in total. The van der Waals surface area contributed by atoms with E-state index in [-0.39, 0.29) is 22.4 Å². The van der Waals surface area contributed by atoms with Crippen LogP contribution >= 0.6 is 0 Å². The van der Waals surface area contributed by atoms with E-state index in [9.17, 15) is 35.9 Å². The highest BCUT2D eigenvalue weighted by Gasteiger charge is 2.37. The van der Waals surface area contributed by atoms with E-state index < -0.39 is 31.3 Å². The van der Waals surface area contributed by atoms with Gasteiger partial charge < -0.3 is 18.9 Å². The third-order valence-corrected chi connectivity index (χ3v) is 8.44. The first-order valence-electron chi connectivity index (χ1n) is 15.9. The molecule has 2 N–H and O–H groups in total. The number of fused-ring (bicyclic) bond motifs is 2. The maximum Gasteiger partial charge on any atom is 0.485 e. The summed E-state index contributed by atoms with van der Waals surface area (Å²) in [5.74, 6) is 0.401. The summed E-state index contributed by atoms with van der Waals surface area (Å²) in [7, 11) is -3.82. The Labute approximate surface area is 311 Å². The minimum atomic E-state index is -6.09. The largest absolute Gasteiger partial charge is 0.741 e. The van der Waals surface area contributed by atoms with Gasteiger partial charge in [0.05, 0.1) is 39.0 Å². The first kappa shape index (κ1) is 48.1. The standard InChI is InChI=1S/2C17H21NO.2CHF3O3S/c2*1-17(2,3)16(19)13-10-6-8-12-9-7-11-14(15(12)13)18(4)5;2*2-1(3,4)8(5,6)7/h2*6-11H,1-5H3;2*(H,5,6,7). The van der Waals surface area contributed by atoms with Crippen LogP contribution in [0.1, 0.15) is 62.3 Å². The van der Waals surface area contributed by atoms with E-state index in [1.54, 1.807) is 0 Å². The van der Waals surface area contributed by atoms with Gasteiger partial charge in [-0.05, 0) is 22.9 Å². The van der Waals surface area contributed by atoms with Gasteiger partial charge >= 0.3 is 11.0 Å². The van der Waals surface area contributed by atoms with Crippen LogP contribution in [0.25, 0.3) is 21.5 Å². The number of benzene rings is 4. The van der Waals surface area contributed by atoms with Crippen molar-refractivity contribution in [2.24, 2.45) is 10.8 Å². The van der Waals surface area contributed by atoms with Crippen molar-refractivity contribution < 1.29 is 71.7 Å². The minimum Gasteiger partial charge on any atom is -0.741 e. The van der Waals surface area contributed by atoms with Gasteiger partial charge in [-0.25, -0.2) is 16.8 Å². The number of rotatable bonds is 4. The number of alkyl halides is 6. The maximum absolute atomic E-state index is 12.6. The molecular weight excluding hydrogens is 767 g/mol. The molecule has 54 heavy (non-hydrogen) atoms. The summed E-state index contributed by atoms with van der Waals surface area (Å²) < 4.78 is 118. The number of quaternary nitrogens is 2. The Balaban J connectivity index is 0.000000391. The minimum absolute atomic E-state index is 0.201. The SMILES string of the molecule is C[NH+](C)c1cccc2cccc(C(=O)C(C)(C)C)c12.C[NH+](C)c1cccc2cccc(C(=O)C(C)(C)C)c12.O=S(=O)([O-])C(F)(F)F.O=S(=O)([O-])C(F)(F)F. The summed E-state index contributed by atoms with van der Waals surface area (Å²) in [6.07, 6.45) is 0. The number of Topliss-reactive ketones (excluding diaryl/α,β-unsaturated/α-hetero) is 2. The lowest BCUT2D eigenvalue weighted by Crippen LogP contribution is -3.00. The molecule has 0 spiro atoms. The van der Waals surface area contributed by atoms with Gasteiger partial charge in [0.15, 0.2) is 31.8 Å². The first-order chi connectivity index (χ1) is 24.1. The molecule has 0 aliphatic heterocycles. The Morgan fingerprint density at radius 2 is 0.722 bits per heavy atom. The molecule has 0 saturated heterocycles. The Hall–Kier alpha value is -3.94. The van der Waals surface area contributed by atoms with Gasteiger partial charge in [-0.15, -0.1) is 0 Å². The second-order valence-corrected chi connectivity index (χ2v) is 17.1. The zero-order valence-corrected chi connectivity index (χ0v) is 32.9. The van der Waals surface area contributed by atoms with Crippen LogP contribution in [-0.4, -0.2) is 76.7 Å². The lowest BCUT2D eigenvalue weighted by Gasteiger charge is -2.19. The van der Waals surface area contributed by atoms with Crippen LogP contribution < -0.4 is 9.80 Å². The molecule has 0 aromatic heterocycles. The average Bonchev–Trinajstić information content (AvgIpc) is 3.01. The molecular formula is C36H44F6N2O8S2. The van der Waals surface area contributed by atoms with E-state index in [4.69, 9.17) is 25.9 Å². The number of hydrogen-bond acceptors (Lipinski definition) is 8. The van der Waals surface area contributed by atoms with Crippen LogP contribution in [0, 0.1) is 10.8 Å². The number of carbonyl (C=O) groups excluding carboxylic acids is 2. The molecule has 0 saturated carbocycles. The molecule has 0 aliphatic rings. The van der Waals surface area contributed by atoms with E-state index in [0.717, 1.165) is 32.7 Å². The predicted octanol–water partition coefficient (Wildman–Crippen LogP) is 5.79. The van der Waals surface area contributed by atoms with Gasteiger partial charge in [0.1, 0.15) is 11.4 Å². The monoisotopic (exact) mass is 810 g/mol. The van der Waals surface area contributed by atoms with Crippen molar-refractivity contribution in [3.8, 4) is 0 Å². The molecule has 0 atom stereocenters. The molecule has 0 fully saturated rings. The summed E-state index contributed by atoms with van der Waals surface area (Å²) in [4.78, 5) is 27.8. The van der Waals surface area contributed by atoms with Gasteiger partial charge in [0.2, 0.25) is 0 Å². The fourth-order valence-corrected chi connectivity index (χ4v) is 4.70. The molecule has 0 heterocycles. The smallest absolute Gasteiger partial charge is 0.485 e. The lowest BCUT2D eigenvalue weighted by molar-refractivity contribution is -0.785. The fraction of sp³-hybridized carbons (Fsp3) is 0.389. The fourth-order valence-electron chi connectivity index (χ4n) is 4.70. The van der Waals surface area contributed by atoms with E-state index in [1.807, 2.05) is 65.8 Å². The van der Waals surface area contributed by atoms with Gasteiger partial charge in [-0.1, -0.05) is 102 Å². The van der Waals surface area contributed by atoms with E-state index in [0.29, 0.717) is 0 Å². The Kier molecular flexibility index (Phi) is 15.7. The first-order valence-corrected chi connectivity index (χ1v) is 18.7. The summed E-state index contributed by atoms with van der Waals surface area (Å²) >= 11 is 0. The summed E-state index contributed by atoms with van der Waals surface area (Å²) in [5.41, 5.74) is -7.99. The van der Waals surface area contributed by atoms with Gasteiger partial charge in [0.25, 0.3) is 0 Å². The van der Waals surface area contributed by atoms with Crippen molar-refractivity contribution in [3.63, 3.8) is 0 Å². The Morgan fingerprint density at radius 1 is 0.500 bits per heavy atom. The van der Waals surface area contributed by atoms with Crippen LogP contribution in [0.2, 0.25) is 0 Å². The molecule has 4 rings (SSSR count). The average molecular weight is 811 g/mol. The second-order valence-electron chi connectivity index (χ2n) is 14.4. The van der Waals surface area contributed by atoms with Crippen LogP contribution in [0.4, 0.5) is 37.7 Å². The zero-order valence-electron chi connectivity index (χ0n) is 31.3. The highest BCUT2D eigenvalue weighted by atomic mass is 32.2. The number of ketones is 2. The predicted molar refractivity (Wildman–Crippen MR) is 192 cm³/mol. The molecule has 300 valence electrons. The van der Waals surface area contributed by atoms with Crippen LogP contribution in [0.3, 0.4) is 0 Å². The van der Waals surface area contributed by atoms with Gasteiger partial charge in [-0.3, -0.25) is 9.59 Å². The topological polar surface area (TPSA) is 157 Å². The highest BCUT2D eigenvalue weighted by molar-refractivity contribution is 7.86.